The van der Waals surface area contributed by atoms with E-state index in [1.807, 2.05) is 0 Å². The van der Waals surface area contributed by atoms with Crippen LogP contribution in [0.2, 0.25) is 0 Å². The molecule has 0 aliphatic heterocycles. The molecule has 0 amide bonds. The maximum Gasteiger partial charge on any atom is 0.284 e. The van der Waals surface area contributed by atoms with Crippen LogP contribution in [0.25, 0.3) is 0 Å². The number of pyridine rings is 1. The lowest BCUT2D eigenvalue weighted by Crippen LogP contribution is -1.99. The average Bonchev–Trinajstić information content (AvgIpc) is 2.04. The van der Waals surface area contributed by atoms with Crippen LogP contribution >= 0.6 is 11.6 Å². The van der Waals surface area contributed by atoms with Gasteiger partial charge in [0.05, 0.1) is 17.8 Å². The highest BCUT2D eigenvalue weighted by atomic mass is 35.5. The van der Waals surface area contributed by atoms with Gasteiger partial charge in [-0.25, -0.2) is 13.8 Å². The molecule has 0 bridgehead atoms. The third-order valence-electron chi connectivity index (χ3n) is 1.56. The number of rotatable bonds is 2. The van der Waals surface area contributed by atoms with Crippen LogP contribution in [0.4, 0.5) is 14.5 Å². The van der Waals surface area contributed by atoms with Crippen LogP contribution in [0.5, 0.6) is 5.75 Å². The molecule has 0 aliphatic carbocycles. The molecular formula is C7H7ClF2N2O. The minimum atomic E-state index is -2.83. The Bertz CT molecular complexity index is 320. The second-order valence-corrected chi connectivity index (χ2v) is 2.63. The second kappa shape index (κ2) is 3.74. The molecule has 3 N–H and O–H groups in total. The van der Waals surface area contributed by atoms with E-state index in [1.54, 1.807) is 0 Å². The van der Waals surface area contributed by atoms with E-state index >= 15 is 0 Å². The molecule has 0 fully saturated rings. The molecule has 0 atom stereocenters. The Hall–Kier alpha value is -1.10. The maximum atomic E-state index is 12.2. The Kier molecular flexibility index (Phi) is 2.87. The SMILES string of the molecule is Nc1cnc(C(F)F)c(O)c1CCl. The topological polar surface area (TPSA) is 59.1 Å². The van der Waals surface area contributed by atoms with Crippen molar-refractivity contribution in [3.63, 3.8) is 0 Å². The van der Waals surface area contributed by atoms with Crippen LogP contribution in [0.15, 0.2) is 6.20 Å². The van der Waals surface area contributed by atoms with Crippen LogP contribution in [0, 0.1) is 0 Å². The summed E-state index contributed by atoms with van der Waals surface area (Å²) < 4.78 is 24.3. The van der Waals surface area contributed by atoms with Crippen molar-refractivity contribution >= 4 is 17.3 Å². The number of hydrogen-bond donors (Lipinski definition) is 2. The molecule has 3 nitrogen and oxygen atoms in total. The second-order valence-electron chi connectivity index (χ2n) is 2.36. The lowest BCUT2D eigenvalue weighted by atomic mass is 10.2. The minimum absolute atomic E-state index is 0.0898. The third kappa shape index (κ3) is 1.80. The Morgan fingerprint density at radius 3 is 2.69 bits per heavy atom. The Morgan fingerprint density at radius 1 is 1.62 bits per heavy atom. The third-order valence-corrected chi connectivity index (χ3v) is 1.83. The molecule has 0 unspecified atom stereocenters. The zero-order valence-corrected chi connectivity index (χ0v) is 7.22. The number of aromatic hydroxyl groups is 1. The van der Waals surface area contributed by atoms with Crippen molar-refractivity contribution in [2.24, 2.45) is 0 Å². The van der Waals surface area contributed by atoms with Gasteiger partial charge in [0.1, 0.15) is 11.4 Å². The van der Waals surface area contributed by atoms with Gasteiger partial charge in [0.15, 0.2) is 0 Å². The number of nitrogens with two attached hydrogens (primary N) is 1. The Labute approximate surface area is 78.1 Å². The molecule has 1 aromatic heterocycles. The molecule has 0 saturated heterocycles. The lowest BCUT2D eigenvalue weighted by molar-refractivity contribution is 0.141. The number of hydrogen-bond acceptors (Lipinski definition) is 3. The van der Waals surface area contributed by atoms with E-state index in [-0.39, 0.29) is 17.1 Å². The molecule has 0 aromatic carbocycles. The number of alkyl halides is 3. The summed E-state index contributed by atoms with van der Waals surface area (Å²) >= 11 is 5.40. The zero-order chi connectivity index (χ0) is 10.0. The fourth-order valence-electron chi connectivity index (χ4n) is 0.870. The van der Waals surface area contributed by atoms with Crippen LogP contribution in [0.3, 0.4) is 0 Å². The molecule has 13 heavy (non-hydrogen) atoms. The summed E-state index contributed by atoms with van der Waals surface area (Å²) in [5.41, 5.74) is 4.86. The summed E-state index contributed by atoms with van der Waals surface area (Å²) in [5, 5.41) is 9.23. The van der Waals surface area contributed by atoms with Crippen molar-refractivity contribution in [2.45, 2.75) is 12.3 Å². The van der Waals surface area contributed by atoms with Gasteiger partial charge in [0.25, 0.3) is 6.43 Å². The van der Waals surface area contributed by atoms with E-state index in [0.717, 1.165) is 6.20 Å². The fourth-order valence-corrected chi connectivity index (χ4v) is 1.15. The summed E-state index contributed by atoms with van der Waals surface area (Å²) in [7, 11) is 0. The molecule has 0 saturated carbocycles. The summed E-state index contributed by atoms with van der Waals surface area (Å²) in [6.07, 6.45) is -1.78. The molecule has 0 aliphatic rings. The molecule has 1 aromatic rings. The van der Waals surface area contributed by atoms with Crippen LogP contribution in [-0.4, -0.2) is 10.1 Å². The van der Waals surface area contributed by atoms with Crippen molar-refractivity contribution in [1.29, 1.82) is 0 Å². The van der Waals surface area contributed by atoms with Gasteiger partial charge in [-0.2, -0.15) is 0 Å². The molecule has 0 radical (unpaired) electrons. The van der Waals surface area contributed by atoms with Crippen LogP contribution in [0.1, 0.15) is 17.7 Å². The Balaban J connectivity index is 3.27. The molecule has 72 valence electrons. The highest BCUT2D eigenvalue weighted by Crippen LogP contribution is 2.32. The van der Waals surface area contributed by atoms with E-state index in [9.17, 15) is 13.9 Å². The first-order chi connectivity index (χ1) is 6.07. The number of aromatic nitrogens is 1. The summed E-state index contributed by atoms with van der Waals surface area (Å²) in [4.78, 5) is 3.30. The lowest BCUT2D eigenvalue weighted by Gasteiger charge is -2.08. The van der Waals surface area contributed by atoms with Gasteiger partial charge in [0, 0.05) is 5.56 Å². The Morgan fingerprint density at radius 2 is 2.23 bits per heavy atom. The van der Waals surface area contributed by atoms with Gasteiger partial charge < -0.3 is 10.8 Å². The average molecular weight is 209 g/mol. The normalized spacial score (nSPS) is 10.8. The zero-order valence-electron chi connectivity index (χ0n) is 6.47. The maximum absolute atomic E-state index is 12.2. The molecule has 1 heterocycles. The van der Waals surface area contributed by atoms with E-state index in [1.165, 1.54) is 0 Å². The van der Waals surface area contributed by atoms with Crippen LogP contribution in [-0.2, 0) is 5.88 Å². The van der Waals surface area contributed by atoms with Crippen molar-refractivity contribution in [1.82, 2.24) is 4.98 Å². The number of nitrogen functional groups attached to an aromatic ring is 1. The van der Waals surface area contributed by atoms with Crippen LogP contribution < -0.4 is 5.73 Å². The molecular weight excluding hydrogens is 202 g/mol. The fraction of sp³-hybridized carbons (Fsp3) is 0.286. The summed E-state index contributed by atoms with van der Waals surface area (Å²) in [5.74, 6) is -0.745. The van der Waals surface area contributed by atoms with E-state index in [0.29, 0.717) is 0 Å². The largest absolute Gasteiger partial charge is 0.505 e. The van der Waals surface area contributed by atoms with E-state index < -0.39 is 17.9 Å². The quantitative estimate of drug-likeness (QED) is 0.732. The van der Waals surface area contributed by atoms with Gasteiger partial charge in [-0.3, -0.25) is 0 Å². The first kappa shape index (κ1) is 9.98. The predicted molar refractivity (Wildman–Crippen MR) is 44.8 cm³/mol. The van der Waals surface area contributed by atoms with Gasteiger partial charge >= 0.3 is 0 Å². The highest BCUT2D eigenvalue weighted by molar-refractivity contribution is 6.17. The number of nitrogens with zero attached hydrogens (tertiary/aromatic N) is 1. The highest BCUT2D eigenvalue weighted by Gasteiger charge is 2.18. The monoisotopic (exact) mass is 208 g/mol. The van der Waals surface area contributed by atoms with E-state index in [2.05, 4.69) is 4.98 Å². The van der Waals surface area contributed by atoms with Crippen molar-refractivity contribution in [3.8, 4) is 5.75 Å². The standard InChI is InChI=1S/C7H7ClF2N2O/c8-1-3-4(11)2-12-5(6(3)13)7(9)10/h2,7,13H,1,11H2. The summed E-state index contributed by atoms with van der Waals surface area (Å²) in [6, 6.07) is 0. The molecule has 1 rings (SSSR count). The smallest absolute Gasteiger partial charge is 0.284 e. The number of anilines is 1. The van der Waals surface area contributed by atoms with Gasteiger partial charge in [0.2, 0.25) is 0 Å². The summed E-state index contributed by atoms with van der Waals surface area (Å²) in [6.45, 7) is 0. The first-order valence-corrected chi connectivity index (χ1v) is 3.91. The predicted octanol–water partition coefficient (Wildman–Crippen LogP) is 2.05. The van der Waals surface area contributed by atoms with Crippen molar-refractivity contribution < 1.29 is 13.9 Å². The van der Waals surface area contributed by atoms with Gasteiger partial charge in [-0.05, 0) is 0 Å². The number of halogens is 3. The van der Waals surface area contributed by atoms with Crippen molar-refractivity contribution in [3.05, 3.63) is 17.5 Å². The first-order valence-electron chi connectivity index (χ1n) is 3.38. The van der Waals surface area contributed by atoms with Crippen molar-refractivity contribution in [2.75, 3.05) is 5.73 Å². The minimum Gasteiger partial charge on any atom is -0.505 e. The van der Waals surface area contributed by atoms with E-state index in [4.69, 9.17) is 17.3 Å². The molecule has 0 spiro atoms. The van der Waals surface area contributed by atoms with Gasteiger partial charge in [-0.1, -0.05) is 0 Å². The van der Waals surface area contributed by atoms with Gasteiger partial charge in [-0.15, -0.1) is 11.6 Å². The molecule has 6 heteroatoms.